The summed E-state index contributed by atoms with van der Waals surface area (Å²) >= 11 is 0. The summed E-state index contributed by atoms with van der Waals surface area (Å²) in [5.41, 5.74) is 0. The Balaban J connectivity index is 3.61. The summed E-state index contributed by atoms with van der Waals surface area (Å²) in [6.07, 6.45) is 7.38. The SMILES string of the molecule is CCCCCCCC#CC(C)OS(C)(=O)=O. The van der Waals surface area contributed by atoms with Gasteiger partial charge in [0.15, 0.2) is 0 Å². The van der Waals surface area contributed by atoms with E-state index < -0.39 is 16.2 Å². The van der Waals surface area contributed by atoms with Gasteiger partial charge >= 0.3 is 0 Å². The number of hydrogen-bond acceptors (Lipinski definition) is 3. The van der Waals surface area contributed by atoms with E-state index in [-0.39, 0.29) is 0 Å². The first-order chi connectivity index (χ1) is 7.45. The Morgan fingerprint density at radius 3 is 2.38 bits per heavy atom. The number of unbranched alkanes of at least 4 members (excludes halogenated alkanes) is 5. The first-order valence-electron chi connectivity index (χ1n) is 5.82. The van der Waals surface area contributed by atoms with Gasteiger partial charge in [-0.15, -0.1) is 5.92 Å². The quantitative estimate of drug-likeness (QED) is 0.394. The van der Waals surface area contributed by atoms with Crippen molar-refractivity contribution in [1.82, 2.24) is 0 Å². The fourth-order valence-electron chi connectivity index (χ4n) is 1.32. The van der Waals surface area contributed by atoms with Crippen molar-refractivity contribution in [2.24, 2.45) is 0 Å². The summed E-state index contributed by atoms with van der Waals surface area (Å²) in [6.45, 7) is 3.83. The zero-order valence-electron chi connectivity index (χ0n) is 10.5. The molecule has 1 unspecified atom stereocenters. The Morgan fingerprint density at radius 1 is 1.19 bits per heavy atom. The maximum atomic E-state index is 10.8. The molecule has 0 rings (SSSR count). The van der Waals surface area contributed by atoms with Gasteiger partial charge in [0.25, 0.3) is 10.1 Å². The van der Waals surface area contributed by atoms with Crippen molar-refractivity contribution in [1.29, 1.82) is 0 Å². The fourth-order valence-corrected chi connectivity index (χ4v) is 1.89. The van der Waals surface area contributed by atoms with Gasteiger partial charge in [0, 0.05) is 6.42 Å². The summed E-state index contributed by atoms with van der Waals surface area (Å²) in [7, 11) is -3.38. The molecule has 0 radical (unpaired) electrons. The van der Waals surface area contributed by atoms with Crippen LogP contribution in [0.15, 0.2) is 0 Å². The average molecular weight is 246 g/mol. The van der Waals surface area contributed by atoms with Gasteiger partial charge in [-0.3, -0.25) is 4.18 Å². The van der Waals surface area contributed by atoms with Gasteiger partial charge in [-0.05, 0) is 13.3 Å². The lowest BCUT2D eigenvalue weighted by Gasteiger charge is -2.02. The molecule has 0 heterocycles. The van der Waals surface area contributed by atoms with Crippen molar-refractivity contribution in [3.05, 3.63) is 0 Å². The lowest BCUT2D eigenvalue weighted by atomic mass is 10.1. The molecule has 0 amide bonds. The van der Waals surface area contributed by atoms with Crippen LogP contribution in [0.25, 0.3) is 0 Å². The van der Waals surface area contributed by atoms with Crippen LogP contribution in [0.4, 0.5) is 0 Å². The Morgan fingerprint density at radius 2 is 1.81 bits per heavy atom. The predicted octanol–water partition coefficient (Wildman–Crippen LogP) is 2.72. The zero-order valence-corrected chi connectivity index (χ0v) is 11.3. The largest absolute Gasteiger partial charge is 0.265 e. The second kappa shape index (κ2) is 8.60. The highest BCUT2D eigenvalue weighted by atomic mass is 32.2. The van der Waals surface area contributed by atoms with Crippen molar-refractivity contribution in [2.75, 3.05) is 6.26 Å². The van der Waals surface area contributed by atoms with Gasteiger partial charge in [-0.2, -0.15) is 8.42 Å². The molecule has 1 atom stereocenters. The molecular weight excluding hydrogens is 224 g/mol. The van der Waals surface area contributed by atoms with Gasteiger partial charge in [0.05, 0.1) is 6.26 Å². The second-order valence-electron chi connectivity index (χ2n) is 3.93. The Labute approximate surface area is 99.7 Å². The fraction of sp³-hybridized carbons (Fsp3) is 0.833. The minimum atomic E-state index is -3.38. The van der Waals surface area contributed by atoms with Crippen LogP contribution in [0.2, 0.25) is 0 Å². The summed E-state index contributed by atoms with van der Waals surface area (Å²) in [4.78, 5) is 0. The summed E-state index contributed by atoms with van der Waals surface area (Å²) in [5.74, 6) is 5.72. The molecule has 4 heteroatoms. The molecule has 0 aromatic rings. The zero-order chi connectivity index (χ0) is 12.4. The van der Waals surface area contributed by atoms with Crippen molar-refractivity contribution in [2.45, 2.75) is 58.5 Å². The van der Waals surface area contributed by atoms with E-state index in [2.05, 4.69) is 22.9 Å². The van der Waals surface area contributed by atoms with E-state index >= 15 is 0 Å². The van der Waals surface area contributed by atoms with Crippen LogP contribution >= 0.6 is 0 Å². The van der Waals surface area contributed by atoms with Gasteiger partial charge in [-0.25, -0.2) is 0 Å². The Kier molecular flexibility index (Phi) is 8.32. The molecule has 0 saturated heterocycles. The van der Waals surface area contributed by atoms with Crippen molar-refractivity contribution in [3.8, 4) is 11.8 Å². The topological polar surface area (TPSA) is 43.4 Å². The van der Waals surface area contributed by atoms with E-state index in [9.17, 15) is 8.42 Å². The molecule has 0 aliphatic rings. The van der Waals surface area contributed by atoms with Gasteiger partial charge in [0.2, 0.25) is 0 Å². The van der Waals surface area contributed by atoms with E-state index in [0.717, 1.165) is 19.1 Å². The summed E-state index contributed by atoms with van der Waals surface area (Å²) in [5, 5.41) is 0. The molecule has 0 aromatic heterocycles. The average Bonchev–Trinajstić information content (AvgIpc) is 2.13. The normalized spacial score (nSPS) is 12.9. The molecule has 0 aliphatic carbocycles. The lowest BCUT2D eigenvalue weighted by Crippen LogP contribution is -2.11. The maximum Gasteiger partial charge on any atom is 0.265 e. The third-order valence-electron chi connectivity index (χ3n) is 2.03. The molecule has 0 spiro atoms. The van der Waals surface area contributed by atoms with Crippen LogP contribution < -0.4 is 0 Å². The van der Waals surface area contributed by atoms with E-state index in [1.807, 2.05) is 0 Å². The van der Waals surface area contributed by atoms with Gasteiger partial charge in [-0.1, -0.05) is 38.5 Å². The molecular formula is C12H22O3S. The Bertz CT molecular complexity index is 322. The summed E-state index contributed by atoms with van der Waals surface area (Å²) < 4.78 is 26.2. The van der Waals surface area contributed by atoms with Crippen LogP contribution in [-0.2, 0) is 14.3 Å². The minimum absolute atomic E-state index is 0.536. The molecule has 0 aliphatic heterocycles. The van der Waals surface area contributed by atoms with E-state index in [1.54, 1.807) is 6.92 Å². The van der Waals surface area contributed by atoms with Crippen LogP contribution in [0, 0.1) is 11.8 Å². The maximum absolute atomic E-state index is 10.8. The third kappa shape index (κ3) is 11.5. The first kappa shape index (κ1) is 15.5. The molecule has 3 nitrogen and oxygen atoms in total. The van der Waals surface area contributed by atoms with Crippen molar-refractivity contribution in [3.63, 3.8) is 0 Å². The van der Waals surface area contributed by atoms with Crippen molar-refractivity contribution >= 4 is 10.1 Å². The first-order valence-corrected chi connectivity index (χ1v) is 7.64. The third-order valence-corrected chi connectivity index (χ3v) is 2.67. The van der Waals surface area contributed by atoms with Gasteiger partial charge in [0.1, 0.15) is 6.10 Å². The summed E-state index contributed by atoms with van der Waals surface area (Å²) in [6, 6.07) is 0. The second-order valence-corrected chi connectivity index (χ2v) is 5.53. The monoisotopic (exact) mass is 246 g/mol. The van der Waals surface area contributed by atoms with Crippen molar-refractivity contribution < 1.29 is 12.6 Å². The molecule has 0 aromatic carbocycles. The number of rotatable bonds is 7. The minimum Gasteiger partial charge on any atom is -0.254 e. The highest BCUT2D eigenvalue weighted by Crippen LogP contribution is 2.04. The predicted molar refractivity (Wildman–Crippen MR) is 66.5 cm³/mol. The molecule has 0 fully saturated rings. The van der Waals surface area contributed by atoms with Crippen LogP contribution in [-0.4, -0.2) is 20.8 Å². The van der Waals surface area contributed by atoms with Crippen LogP contribution in [0.1, 0.15) is 52.4 Å². The highest BCUT2D eigenvalue weighted by molar-refractivity contribution is 7.86. The highest BCUT2D eigenvalue weighted by Gasteiger charge is 2.06. The van der Waals surface area contributed by atoms with E-state index in [1.165, 1.54) is 25.7 Å². The molecule has 0 saturated carbocycles. The number of hydrogen-bond donors (Lipinski definition) is 0. The molecule has 0 N–H and O–H groups in total. The molecule has 0 bridgehead atoms. The van der Waals surface area contributed by atoms with E-state index in [4.69, 9.17) is 0 Å². The smallest absolute Gasteiger partial charge is 0.254 e. The van der Waals surface area contributed by atoms with E-state index in [0.29, 0.717) is 0 Å². The lowest BCUT2D eigenvalue weighted by molar-refractivity contribution is 0.286. The van der Waals surface area contributed by atoms with Crippen LogP contribution in [0.3, 0.4) is 0 Å². The Hall–Kier alpha value is -0.530. The molecule has 16 heavy (non-hydrogen) atoms. The van der Waals surface area contributed by atoms with Gasteiger partial charge < -0.3 is 0 Å². The molecule has 94 valence electrons. The standard InChI is InChI=1S/C12H22O3S/c1-4-5-6-7-8-9-10-11-12(2)15-16(3,13)14/h12H,4-9H2,1-3H3. The van der Waals surface area contributed by atoms with Crippen LogP contribution in [0.5, 0.6) is 0 Å².